The lowest BCUT2D eigenvalue weighted by Crippen LogP contribution is -2.18. The average Bonchev–Trinajstić information content (AvgIpc) is 3.73. The van der Waals surface area contributed by atoms with Crippen LogP contribution in [-0.4, -0.2) is 15.8 Å². The Morgan fingerprint density at radius 3 is 2.50 bits per heavy atom. The monoisotopic (exact) mass is 555 g/mol. The summed E-state index contributed by atoms with van der Waals surface area (Å²) in [5.74, 6) is -0.588. The molecule has 40 heavy (non-hydrogen) atoms. The normalized spacial score (nSPS) is 15.6. The van der Waals surface area contributed by atoms with Crippen molar-refractivity contribution >= 4 is 34.8 Å². The Kier molecular flexibility index (Phi) is 8.44. The van der Waals surface area contributed by atoms with Gasteiger partial charge in [0.25, 0.3) is 0 Å². The van der Waals surface area contributed by atoms with Gasteiger partial charge in [0.1, 0.15) is 0 Å². The molecule has 0 unspecified atom stereocenters. The number of fused-ring (bicyclic) bond motifs is 1. The van der Waals surface area contributed by atoms with Crippen LogP contribution in [0.3, 0.4) is 0 Å². The molecule has 1 N–H and O–H groups in total. The first-order chi connectivity index (χ1) is 19.2. The number of hydrogen-bond donors (Lipinski definition) is 1. The third-order valence-electron chi connectivity index (χ3n) is 8.13. The number of aromatic nitrogens is 1. The summed E-state index contributed by atoms with van der Waals surface area (Å²) < 4.78 is 27.3. The SMILES string of the molecule is CCC1(CS[C@H](CCc2ccccc2C(C)(C)O)c2cccc(/C=C/c3ccc4cc([18F])c([18F])cc4n3)c2)CC1. The highest BCUT2D eigenvalue weighted by atomic mass is 32.2. The van der Waals surface area contributed by atoms with E-state index in [1.807, 2.05) is 44.2 Å². The molecule has 208 valence electrons. The molecule has 1 aromatic heterocycles. The lowest BCUT2D eigenvalue weighted by Gasteiger charge is -2.24. The van der Waals surface area contributed by atoms with Crippen LogP contribution >= 0.6 is 11.8 Å². The van der Waals surface area contributed by atoms with Gasteiger partial charge in [0.2, 0.25) is 0 Å². The fourth-order valence-corrected chi connectivity index (χ4v) is 6.96. The first-order valence-electron chi connectivity index (χ1n) is 14.1. The van der Waals surface area contributed by atoms with Crippen molar-refractivity contribution in [2.24, 2.45) is 5.41 Å². The van der Waals surface area contributed by atoms with E-state index in [0.29, 0.717) is 27.3 Å². The molecule has 1 fully saturated rings. The zero-order chi connectivity index (χ0) is 28.3. The molecular weight excluding hydrogens is 518 g/mol. The number of hydrogen-bond acceptors (Lipinski definition) is 3. The third-order valence-corrected chi connectivity index (χ3v) is 9.82. The van der Waals surface area contributed by atoms with E-state index < -0.39 is 17.2 Å². The molecular formula is C35H37F2NOS. The predicted octanol–water partition coefficient (Wildman–Crippen LogP) is 9.51. The van der Waals surface area contributed by atoms with Gasteiger partial charge in [0.05, 0.1) is 16.8 Å². The van der Waals surface area contributed by atoms with E-state index in [-0.39, 0.29) is 0 Å². The van der Waals surface area contributed by atoms with Crippen LogP contribution in [0.5, 0.6) is 0 Å². The second-order valence-corrected chi connectivity index (χ2v) is 12.8. The molecule has 5 heteroatoms. The molecule has 1 aliphatic rings. The number of nitrogens with zero attached hydrogens (tertiary/aromatic N) is 1. The summed E-state index contributed by atoms with van der Waals surface area (Å²) in [5, 5.41) is 11.6. The van der Waals surface area contributed by atoms with Crippen LogP contribution in [0.25, 0.3) is 23.1 Å². The Morgan fingerprint density at radius 1 is 0.975 bits per heavy atom. The first kappa shape index (κ1) is 28.5. The predicted molar refractivity (Wildman–Crippen MR) is 164 cm³/mol. The summed E-state index contributed by atoms with van der Waals surface area (Å²) in [5.41, 5.74) is 5.31. The van der Waals surface area contributed by atoms with E-state index in [2.05, 4.69) is 60.1 Å². The Morgan fingerprint density at radius 2 is 1.75 bits per heavy atom. The lowest BCUT2D eigenvalue weighted by atomic mass is 9.90. The van der Waals surface area contributed by atoms with Gasteiger partial charge in [-0.15, -0.1) is 0 Å². The van der Waals surface area contributed by atoms with Crippen molar-refractivity contribution in [1.29, 1.82) is 0 Å². The van der Waals surface area contributed by atoms with Crippen molar-refractivity contribution < 1.29 is 13.9 Å². The van der Waals surface area contributed by atoms with Gasteiger partial charge in [0.15, 0.2) is 11.6 Å². The number of aliphatic hydroxyl groups is 1. The molecule has 0 amide bonds. The summed E-state index contributed by atoms with van der Waals surface area (Å²) >= 11 is 2.06. The molecule has 3 aromatic carbocycles. The quantitative estimate of drug-likeness (QED) is 0.200. The standard InChI is InChI=1S/C35H37F2NOS/c1-4-35(18-19-35)23-40-33(17-14-25-9-5-6-11-29(25)34(2,3)39)27-10-7-8-24(20-27)12-15-28-16-13-26-21-30(36)31(37)22-32(26)38-28/h5-13,15-16,20-22,33,39H,4,14,17-19,23H2,1-3H3/b15-12+/t33-/m1/s1/i36-1,37-1. The minimum atomic E-state index is -0.890. The van der Waals surface area contributed by atoms with Gasteiger partial charge >= 0.3 is 0 Å². The minimum Gasteiger partial charge on any atom is -0.386 e. The van der Waals surface area contributed by atoms with Crippen LogP contribution in [0.15, 0.2) is 72.8 Å². The molecule has 1 aliphatic carbocycles. The molecule has 0 spiro atoms. The highest BCUT2D eigenvalue weighted by Gasteiger charge is 2.40. The van der Waals surface area contributed by atoms with Gasteiger partial charge in [-0.25, -0.2) is 13.8 Å². The second-order valence-electron chi connectivity index (χ2n) is 11.6. The van der Waals surface area contributed by atoms with Crippen LogP contribution in [-0.2, 0) is 12.0 Å². The molecule has 1 saturated carbocycles. The summed E-state index contributed by atoms with van der Waals surface area (Å²) in [6.07, 6.45) is 9.70. The fraction of sp³-hybridized carbons (Fsp3) is 0.343. The van der Waals surface area contributed by atoms with Crippen LogP contribution in [0.1, 0.15) is 79.7 Å². The molecule has 0 saturated heterocycles. The highest BCUT2D eigenvalue weighted by molar-refractivity contribution is 7.99. The van der Waals surface area contributed by atoms with Crippen LogP contribution in [0.2, 0.25) is 0 Å². The summed E-state index contributed by atoms with van der Waals surface area (Å²) in [6.45, 7) is 6.01. The van der Waals surface area contributed by atoms with Crippen molar-refractivity contribution in [3.05, 3.63) is 112 Å². The highest BCUT2D eigenvalue weighted by Crippen LogP contribution is 2.53. The number of aryl methyl sites for hydroxylation is 1. The van der Waals surface area contributed by atoms with Crippen LogP contribution < -0.4 is 0 Å². The topological polar surface area (TPSA) is 33.1 Å². The third kappa shape index (κ3) is 6.82. The van der Waals surface area contributed by atoms with Gasteiger partial charge in [-0.1, -0.05) is 67.6 Å². The number of benzene rings is 3. The van der Waals surface area contributed by atoms with E-state index >= 15 is 0 Å². The number of rotatable bonds is 11. The van der Waals surface area contributed by atoms with Gasteiger partial charge in [-0.05, 0) is 97.6 Å². The zero-order valence-electron chi connectivity index (χ0n) is 23.5. The summed E-state index contributed by atoms with van der Waals surface area (Å²) in [4.78, 5) is 4.50. The van der Waals surface area contributed by atoms with E-state index in [0.717, 1.165) is 30.0 Å². The van der Waals surface area contributed by atoms with Gasteiger partial charge in [0, 0.05) is 16.7 Å². The maximum absolute atomic E-state index is 13.7. The zero-order valence-corrected chi connectivity index (χ0v) is 24.3. The van der Waals surface area contributed by atoms with Crippen molar-refractivity contribution in [3.63, 3.8) is 0 Å². The molecule has 4 aromatic rings. The Labute approximate surface area is 240 Å². The Balaban J connectivity index is 1.37. The van der Waals surface area contributed by atoms with E-state index in [1.165, 1.54) is 42.2 Å². The molecule has 2 nitrogen and oxygen atoms in total. The smallest absolute Gasteiger partial charge is 0.161 e. The first-order valence-corrected chi connectivity index (χ1v) is 15.2. The fourth-order valence-electron chi connectivity index (χ4n) is 5.29. The number of halogens is 2. The lowest BCUT2D eigenvalue weighted by molar-refractivity contribution is 0.0776. The van der Waals surface area contributed by atoms with Gasteiger partial charge < -0.3 is 5.11 Å². The Hall–Kier alpha value is -3.02. The van der Waals surface area contributed by atoms with E-state index in [4.69, 9.17) is 0 Å². The maximum atomic E-state index is 13.7. The Bertz CT molecular complexity index is 1520. The molecule has 5 rings (SSSR count). The van der Waals surface area contributed by atoms with E-state index in [1.54, 1.807) is 6.07 Å². The van der Waals surface area contributed by atoms with Crippen molar-refractivity contribution in [3.8, 4) is 0 Å². The minimum absolute atomic E-state index is 0.337. The van der Waals surface area contributed by atoms with Gasteiger partial charge in [-0.2, -0.15) is 11.8 Å². The maximum Gasteiger partial charge on any atom is 0.161 e. The average molecular weight is 556 g/mol. The van der Waals surface area contributed by atoms with Crippen LogP contribution in [0, 0.1) is 17.0 Å². The summed E-state index contributed by atoms with van der Waals surface area (Å²) in [7, 11) is 0. The van der Waals surface area contributed by atoms with Crippen molar-refractivity contribution in [2.45, 2.75) is 63.7 Å². The molecule has 1 heterocycles. The van der Waals surface area contributed by atoms with Crippen molar-refractivity contribution in [1.82, 2.24) is 4.98 Å². The molecule has 0 aliphatic heterocycles. The number of thioether (sulfide) groups is 1. The summed E-state index contributed by atoms with van der Waals surface area (Å²) in [6, 6.07) is 22.8. The van der Waals surface area contributed by atoms with E-state index in [9.17, 15) is 13.9 Å². The van der Waals surface area contributed by atoms with Gasteiger partial charge in [-0.3, -0.25) is 0 Å². The second kappa shape index (κ2) is 11.8. The molecule has 0 bridgehead atoms. The van der Waals surface area contributed by atoms with Crippen LogP contribution in [0.4, 0.5) is 8.78 Å². The molecule has 1 atom stereocenters. The van der Waals surface area contributed by atoms with Crippen molar-refractivity contribution in [2.75, 3.05) is 5.75 Å². The largest absolute Gasteiger partial charge is 0.386 e. The molecule has 0 radical (unpaired) electrons. The number of pyridine rings is 1.